The SMILES string of the molecule is Cc1ccc(C(=O)C(=O)N2CCCCCC2C(=O)NS(C)(=O)=O)cc1. The predicted octanol–water partition coefficient (Wildman–Crippen LogP) is 1.02. The molecule has 2 rings (SSSR count). The summed E-state index contributed by atoms with van der Waals surface area (Å²) in [7, 11) is -3.73. The molecule has 1 aromatic carbocycles. The highest BCUT2D eigenvalue weighted by molar-refractivity contribution is 7.89. The van der Waals surface area contributed by atoms with Gasteiger partial charge in [-0.3, -0.25) is 19.1 Å². The number of nitrogens with zero attached hydrogens (tertiary/aromatic N) is 1. The summed E-state index contributed by atoms with van der Waals surface area (Å²) < 4.78 is 24.6. The molecule has 0 saturated carbocycles. The van der Waals surface area contributed by atoms with Crippen molar-refractivity contribution >= 4 is 27.6 Å². The van der Waals surface area contributed by atoms with Crippen LogP contribution in [0.5, 0.6) is 0 Å². The average molecular weight is 366 g/mol. The lowest BCUT2D eigenvalue weighted by Crippen LogP contribution is -2.52. The zero-order chi connectivity index (χ0) is 18.6. The van der Waals surface area contributed by atoms with E-state index in [-0.39, 0.29) is 12.1 Å². The first kappa shape index (κ1) is 19.1. The number of nitrogens with one attached hydrogen (secondary N) is 1. The molecule has 1 heterocycles. The van der Waals surface area contributed by atoms with Gasteiger partial charge < -0.3 is 4.90 Å². The number of benzene rings is 1. The number of sulfonamides is 1. The van der Waals surface area contributed by atoms with Crippen molar-refractivity contribution in [1.29, 1.82) is 0 Å². The zero-order valence-electron chi connectivity index (χ0n) is 14.3. The number of amides is 2. The lowest BCUT2D eigenvalue weighted by atomic mass is 10.1. The van der Waals surface area contributed by atoms with Crippen molar-refractivity contribution in [3.8, 4) is 0 Å². The number of hydrogen-bond acceptors (Lipinski definition) is 5. The summed E-state index contributed by atoms with van der Waals surface area (Å²) in [6.07, 6.45) is 3.37. The second-order valence-electron chi connectivity index (χ2n) is 6.30. The number of hydrogen-bond donors (Lipinski definition) is 1. The largest absolute Gasteiger partial charge is 0.324 e. The van der Waals surface area contributed by atoms with Gasteiger partial charge >= 0.3 is 0 Å². The number of aryl methyl sites for hydroxylation is 1. The van der Waals surface area contributed by atoms with Crippen molar-refractivity contribution in [3.05, 3.63) is 35.4 Å². The van der Waals surface area contributed by atoms with E-state index in [9.17, 15) is 22.8 Å². The van der Waals surface area contributed by atoms with Crippen molar-refractivity contribution in [2.75, 3.05) is 12.8 Å². The third-order valence-electron chi connectivity index (χ3n) is 4.11. The van der Waals surface area contributed by atoms with Crippen LogP contribution in [0.3, 0.4) is 0 Å². The van der Waals surface area contributed by atoms with E-state index in [1.165, 1.54) is 4.90 Å². The molecule has 136 valence electrons. The number of Topliss-reactive ketones (excluding diaryl/α,β-unsaturated/α-hetero) is 1. The maximum absolute atomic E-state index is 12.7. The van der Waals surface area contributed by atoms with Gasteiger partial charge in [-0.05, 0) is 19.8 Å². The Balaban J connectivity index is 2.24. The summed E-state index contributed by atoms with van der Waals surface area (Å²) in [5.74, 6) is -2.24. The summed E-state index contributed by atoms with van der Waals surface area (Å²) in [4.78, 5) is 38.6. The Kier molecular flexibility index (Phi) is 5.94. The van der Waals surface area contributed by atoms with Crippen molar-refractivity contribution in [1.82, 2.24) is 9.62 Å². The Labute approximate surface area is 147 Å². The Morgan fingerprint density at radius 3 is 2.32 bits per heavy atom. The highest BCUT2D eigenvalue weighted by Gasteiger charge is 2.35. The number of rotatable bonds is 4. The van der Waals surface area contributed by atoms with Crippen LogP contribution in [0.2, 0.25) is 0 Å². The van der Waals surface area contributed by atoms with E-state index in [1.54, 1.807) is 24.3 Å². The van der Waals surface area contributed by atoms with E-state index < -0.39 is 33.7 Å². The van der Waals surface area contributed by atoms with Crippen molar-refractivity contribution < 1.29 is 22.8 Å². The number of ketones is 1. The van der Waals surface area contributed by atoms with Crippen LogP contribution in [0.1, 0.15) is 41.6 Å². The minimum absolute atomic E-state index is 0.248. The molecule has 7 nitrogen and oxygen atoms in total. The highest BCUT2D eigenvalue weighted by Crippen LogP contribution is 2.19. The van der Waals surface area contributed by atoms with E-state index in [1.807, 2.05) is 11.6 Å². The molecule has 8 heteroatoms. The highest BCUT2D eigenvalue weighted by atomic mass is 32.2. The molecule has 0 aliphatic carbocycles. The van der Waals surface area contributed by atoms with Gasteiger partial charge in [-0.15, -0.1) is 0 Å². The molecule has 25 heavy (non-hydrogen) atoms. The Morgan fingerprint density at radius 2 is 1.72 bits per heavy atom. The summed E-state index contributed by atoms with van der Waals surface area (Å²) in [5.41, 5.74) is 1.21. The van der Waals surface area contributed by atoms with Gasteiger partial charge in [0, 0.05) is 12.1 Å². The Morgan fingerprint density at radius 1 is 1.08 bits per heavy atom. The molecule has 1 saturated heterocycles. The van der Waals surface area contributed by atoms with Gasteiger partial charge in [0.15, 0.2) is 0 Å². The third kappa shape index (κ3) is 5.12. The van der Waals surface area contributed by atoms with Crippen molar-refractivity contribution in [2.24, 2.45) is 0 Å². The van der Waals surface area contributed by atoms with E-state index in [0.717, 1.165) is 18.2 Å². The van der Waals surface area contributed by atoms with E-state index in [4.69, 9.17) is 0 Å². The lowest BCUT2D eigenvalue weighted by Gasteiger charge is -2.28. The lowest BCUT2D eigenvalue weighted by molar-refractivity contribution is -0.136. The molecule has 1 unspecified atom stereocenters. The van der Waals surface area contributed by atoms with Crippen molar-refractivity contribution in [2.45, 2.75) is 38.6 Å². The minimum atomic E-state index is -3.73. The molecule has 1 atom stereocenters. The van der Waals surface area contributed by atoms with Crippen LogP contribution in [0.4, 0.5) is 0 Å². The fourth-order valence-corrected chi connectivity index (χ4v) is 3.34. The van der Waals surface area contributed by atoms with Crippen LogP contribution < -0.4 is 4.72 Å². The van der Waals surface area contributed by atoms with E-state index in [0.29, 0.717) is 19.3 Å². The van der Waals surface area contributed by atoms with Crippen LogP contribution in [-0.2, 0) is 19.6 Å². The second kappa shape index (κ2) is 7.77. The molecule has 0 aromatic heterocycles. The van der Waals surface area contributed by atoms with Gasteiger partial charge in [0.05, 0.1) is 6.26 Å². The van der Waals surface area contributed by atoms with Gasteiger partial charge in [-0.1, -0.05) is 42.7 Å². The first-order valence-corrected chi connectivity index (χ1v) is 10.0. The van der Waals surface area contributed by atoms with Crippen LogP contribution in [0.25, 0.3) is 0 Å². The molecule has 1 aliphatic rings. The smallest absolute Gasteiger partial charge is 0.295 e. The van der Waals surface area contributed by atoms with Crippen LogP contribution >= 0.6 is 0 Å². The van der Waals surface area contributed by atoms with Gasteiger partial charge in [-0.2, -0.15) is 0 Å². The molecule has 0 radical (unpaired) electrons. The first-order chi connectivity index (χ1) is 11.7. The summed E-state index contributed by atoms with van der Waals surface area (Å²) in [5, 5.41) is 0. The van der Waals surface area contributed by atoms with Gasteiger partial charge in [0.1, 0.15) is 6.04 Å². The molecule has 0 spiro atoms. The molecule has 1 aromatic rings. The van der Waals surface area contributed by atoms with Crippen molar-refractivity contribution in [3.63, 3.8) is 0 Å². The quantitative estimate of drug-likeness (QED) is 0.633. The van der Waals surface area contributed by atoms with E-state index >= 15 is 0 Å². The summed E-state index contributed by atoms with van der Waals surface area (Å²) in [6.45, 7) is 2.12. The Bertz CT molecular complexity index is 771. The average Bonchev–Trinajstić information content (AvgIpc) is 2.78. The van der Waals surface area contributed by atoms with Crippen LogP contribution in [-0.4, -0.2) is 49.8 Å². The summed E-state index contributed by atoms with van der Waals surface area (Å²) >= 11 is 0. The number of carbonyl (C=O) groups excluding carboxylic acids is 3. The third-order valence-corrected chi connectivity index (χ3v) is 4.68. The molecular formula is C17H22N2O5S. The monoisotopic (exact) mass is 366 g/mol. The first-order valence-electron chi connectivity index (χ1n) is 8.12. The normalized spacial score (nSPS) is 18.3. The standard InChI is InChI=1S/C17H22N2O5S/c1-12-7-9-13(10-8-12)15(20)17(22)19-11-5-3-4-6-14(19)16(21)18-25(2,23)24/h7-10,14H,3-6,11H2,1-2H3,(H,18,21). The van der Waals surface area contributed by atoms with Gasteiger partial charge in [0.25, 0.3) is 11.8 Å². The molecule has 1 fully saturated rings. The molecular weight excluding hydrogens is 344 g/mol. The van der Waals surface area contributed by atoms with Gasteiger partial charge in [0.2, 0.25) is 15.8 Å². The molecule has 2 amide bonds. The van der Waals surface area contributed by atoms with Crippen LogP contribution in [0, 0.1) is 6.92 Å². The molecule has 1 aliphatic heterocycles. The maximum atomic E-state index is 12.7. The molecule has 1 N–H and O–H groups in total. The predicted molar refractivity (Wildman–Crippen MR) is 92.5 cm³/mol. The Hall–Kier alpha value is -2.22. The van der Waals surface area contributed by atoms with Crippen LogP contribution in [0.15, 0.2) is 24.3 Å². The summed E-state index contributed by atoms with van der Waals surface area (Å²) in [6, 6.07) is 5.64. The van der Waals surface area contributed by atoms with E-state index in [2.05, 4.69) is 0 Å². The fourth-order valence-electron chi connectivity index (χ4n) is 2.83. The fraction of sp³-hybridized carbons (Fsp3) is 0.471. The number of likely N-dealkylation sites (tertiary alicyclic amines) is 1. The minimum Gasteiger partial charge on any atom is -0.324 e. The second-order valence-corrected chi connectivity index (χ2v) is 8.05. The zero-order valence-corrected chi connectivity index (χ0v) is 15.1. The maximum Gasteiger partial charge on any atom is 0.295 e. The number of carbonyl (C=O) groups is 3. The topological polar surface area (TPSA) is 101 Å². The molecule has 0 bridgehead atoms. The van der Waals surface area contributed by atoms with Gasteiger partial charge in [-0.25, -0.2) is 8.42 Å².